The van der Waals surface area contributed by atoms with Gasteiger partial charge in [0.25, 0.3) is 0 Å². The van der Waals surface area contributed by atoms with Crippen LogP contribution in [0.1, 0.15) is 47.1 Å². The molecule has 0 saturated heterocycles. The van der Waals surface area contributed by atoms with E-state index < -0.39 is 11.7 Å². The number of anilines is 1. The van der Waals surface area contributed by atoms with Gasteiger partial charge in [0.05, 0.1) is 0 Å². The van der Waals surface area contributed by atoms with Gasteiger partial charge in [-0.3, -0.25) is 5.32 Å². The Hall–Kier alpha value is -2.49. The van der Waals surface area contributed by atoms with Crippen LogP contribution >= 0.6 is 0 Å². The van der Waals surface area contributed by atoms with E-state index in [9.17, 15) is 4.79 Å². The van der Waals surface area contributed by atoms with Crippen LogP contribution in [0.5, 0.6) is 11.5 Å². The van der Waals surface area contributed by atoms with Gasteiger partial charge in [0, 0.05) is 5.69 Å². The summed E-state index contributed by atoms with van der Waals surface area (Å²) in [7, 11) is 0. The molecule has 1 amide bonds. The summed E-state index contributed by atoms with van der Waals surface area (Å²) >= 11 is 0. The molecule has 4 nitrogen and oxygen atoms in total. The number of ether oxygens (including phenoxy) is 2. The maximum atomic E-state index is 11.8. The van der Waals surface area contributed by atoms with Crippen molar-refractivity contribution >= 4 is 11.8 Å². The van der Waals surface area contributed by atoms with Gasteiger partial charge in [-0.05, 0) is 68.1 Å². The zero-order valence-corrected chi connectivity index (χ0v) is 15.8. The SMILES string of the molecule is CC(C)(C)OC(=O)Nc1ccc(Oc2ccc(C(C)(C)C)cc2)cc1. The third kappa shape index (κ3) is 6.14. The first-order valence-corrected chi connectivity index (χ1v) is 8.41. The van der Waals surface area contributed by atoms with Gasteiger partial charge in [-0.2, -0.15) is 0 Å². The van der Waals surface area contributed by atoms with E-state index in [2.05, 4.69) is 38.2 Å². The third-order valence-electron chi connectivity index (χ3n) is 3.46. The molecule has 0 atom stereocenters. The van der Waals surface area contributed by atoms with Crippen LogP contribution in [0.25, 0.3) is 0 Å². The second-order valence-electron chi connectivity index (χ2n) is 8.03. The van der Waals surface area contributed by atoms with E-state index in [-0.39, 0.29) is 5.41 Å². The molecule has 0 unspecified atom stereocenters. The Morgan fingerprint density at radius 3 is 1.72 bits per heavy atom. The minimum absolute atomic E-state index is 0.119. The van der Waals surface area contributed by atoms with E-state index in [0.717, 1.165) is 5.75 Å². The lowest BCUT2D eigenvalue weighted by molar-refractivity contribution is 0.0636. The summed E-state index contributed by atoms with van der Waals surface area (Å²) in [5.74, 6) is 1.49. The molecule has 0 aliphatic rings. The highest BCUT2D eigenvalue weighted by atomic mass is 16.6. The normalized spacial score (nSPS) is 11.8. The molecule has 2 rings (SSSR count). The van der Waals surface area contributed by atoms with E-state index in [1.165, 1.54) is 5.56 Å². The molecule has 0 aliphatic carbocycles. The highest BCUT2D eigenvalue weighted by Gasteiger charge is 2.16. The number of rotatable bonds is 3. The Labute approximate surface area is 150 Å². The Balaban J connectivity index is 1.97. The monoisotopic (exact) mass is 341 g/mol. The summed E-state index contributed by atoms with van der Waals surface area (Å²) in [6.07, 6.45) is -0.473. The molecule has 0 radical (unpaired) electrons. The van der Waals surface area contributed by atoms with Crippen LogP contribution in [-0.2, 0) is 10.2 Å². The molecule has 1 N–H and O–H groups in total. The van der Waals surface area contributed by atoms with Gasteiger partial charge in [-0.1, -0.05) is 32.9 Å². The number of nitrogens with one attached hydrogen (secondary N) is 1. The molecule has 0 saturated carbocycles. The maximum absolute atomic E-state index is 11.8. The second kappa shape index (κ2) is 7.18. The van der Waals surface area contributed by atoms with Crippen LogP contribution in [-0.4, -0.2) is 11.7 Å². The molecule has 4 heteroatoms. The van der Waals surface area contributed by atoms with Crippen LogP contribution in [0.4, 0.5) is 10.5 Å². The average molecular weight is 341 g/mol. The first-order chi connectivity index (χ1) is 11.5. The number of carbonyl (C=O) groups is 1. The van der Waals surface area contributed by atoms with Crippen LogP contribution in [0.15, 0.2) is 48.5 Å². The summed E-state index contributed by atoms with van der Waals surface area (Å²) in [6.45, 7) is 12.0. The van der Waals surface area contributed by atoms with Crippen LogP contribution in [0.2, 0.25) is 0 Å². The molecule has 0 aromatic heterocycles. The van der Waals surface area contributed by atoms with Crippen molar-refractivity contribution in [3.8, 4) is 11.5 Å². The van der Waals surface area contributed by atoms with Gasteiger partial charge in [-0.25, -0.2) is 4.79 Å². The Morgan fingerprint density at radius 1 is 0.800 bits per heavy atom. The molecule has 25 heavy (non-hydrogen) atoms. The minimum Gasteiger partial charge on any atom is -0.457 e. The maximum Gasteiger partial charge on any atom is 0.412 e. The summed E-state index contributed by atoms with van der Waals surface area (Å²) in [6, 6.07) is 15.3. The topological polar surface area (TPSA) is 47.6 Å². The largest absolute Gasteiger partial charge is 0.457 e. The van der Waals surface area contributed by atoms with Crippen molar-refractivity contribution in [2.75, 3.05) is 5.32 Å². The van der Waals surface area contributed by atoms with Crippen molar-refractivity contribution in [2.24, 2.45) is 0 Å². The lowest BCUT2D eigenvalue weighted by Crippen LogP contribution is -2.27. The van der Waals surface area contributed by atoms with Crippen molar-refractivity contribution in [1.29, 1.82) is 0 Å². The quantitative estimate of drug-likeness (QED) is 0.731. The summed E-state index contributed by atoms with van der Waals surface area (Å²) < 4.78 is 11.1. The third-order valence-corrected chi connectivity index (χ3v) is 3.46. The minimum atomic E-state index is -0.521. The predicted octanol–water partition coefficient (Wildman–Crippen LogP) is 6.12. The van der Waals surface area contributed by atoms with Crippen LogP contribution in [0.3, 0.4) is 0 Å². The fraction of sp³-hybridized carbons (Fsp3) is 0.381. The first kappa shape index (κ1) is 18.8. The summed E-state index contributed by atoms with van der Waals surface area (Å²) in [5, 5.41) is 2.70. The number of benzene rings is 2. The molecule has 2 aromatic rings. The zero-order chi connectivity index (χ0) is 18.7. The number of hydrogen-bond acceptors (Lipinski definition) is 3. The molecular weight excluding hydrogens is 314 g/mol. The van der Waals surface area contributed by atoms with E-state index >= 15 is 0 Å². The van der Waals surface area contributed by atoms with Crippen LogP contribution in [0, 0.1) is 0 Å². The highest BCUT2D eigenvalue weighted by molar-refractivity contribution is 5.84. The van der Waals surface area contributed by atoms with Gasteiger partial charge >= 0.3 is 6.09 Å². The molecule has 0 aliphatic heterocycles. The standard InChI is InChI=1S/C21H27NO3/c1-20(2,3)15-7-11-17(12-8-15)24-18-13-9-16(10-14-18)22-19(23)25-21(4,5)6/h7-14H,1-6H3,(H,22,23). The van der Waals surface area contributed by atoms with E-state index in [4.69, 9.17) is 9.47 Å². The van der Waals surface area contributed by atoms with E-state index in [1.54, 1.807) is 12.1 Å². The number of hydrogen-bond donors (Lipinski definition) is 1. The van der Waals surface area contributed by atoms with Crippen molar-refractivity contribution in [3.05, 3.63) is 54.1 Å². The lowest BCUT2D eigenvalue weighted by Gasteiger charge is -2.20. The molecule has 0 heterocycles. The van der Waals surface area contributed by atoms with Crippen molar-refractivity contribution in [3.63, 3.8) is 0 Å². The zero-order valence-electron chi connectivity index (χ0n) is 15.8. The Kier molecular flexibility index (Phi) is 5.41. The molecule has 0 bridgehead atoms. The molecule has 0 fully saturated rings. The molecule has 134 valence electrons. The van der Waals surface area contributed by atoms with Gasteiger partial charge < -0.3 is 9.47 Å². The van der Waals surface area contributed by atoms with Gasteiger partial charge in [0.1, 0.15) is 17.1 Å². The summed E-state index contributed by atoms with van der Waals surface area (Å²) in [5.41, 5.74) is 1.52. The number of carbonyl (C=O) groups excluding carboxylic acids is 1. The lowest BCUT2D eigenvalue weighted by atomic mass is 9.87. The Morgan fingerprint density at radius 2 is 1.28 bits per heavy atom. The highest BCUT2D eigenvalue weighted by Crippen LogP contribution is 2.27. The molecule has 0 spiro atoms. The smallest absolute Gasteiger partial charge is 0.412 e. The fourth-order valence-electron chi connectivity index (χ4n) is 2.19. The van der Waals surface area contributed by atoms with E-state index in [0.29, 0.717) is 11.4 Å². The van der Waals surface area contributed by atoms with Crippen molar-refractivity contribution in [2.45, 2.75) is 52.6 Å². The Bertz CT molecular complexity index is 705. The summed E-state index contributed by atoms with van der Waals surface area (Å²) in [4.78, 5) is 11.8. The van der Waals surface area contributed by atoms with E-state index in [1.807, 2.05) is 45.0 Å². The van der Waals surface area contributed by atoms with Gasteiger partial charge in [0.15, 0.2) is 0 Å². The molecule has 2 aromatic carbocycles. The van der Waals surface area contributed by atoms with Crippen LogP contribution < -0.4 is 10.1 Å². The second-order valence-corrected chi connectivity index (χ2v) is 8.03. The van der Waals surface area contributed by atoms with Gasteiger partial charge in [0.2, 0.25) is 0 Å². The van der Waals surface area contributed by atoms with Gasteiger partial charge in [-0.15, -0.1) is 0 Å². The first-order valence-electron chi connectivity index (χ1n) is 8.41. The van der Waals surface area contributed by atoms with Crippen molar-refractivity contribution in [1.82, 2.24) is 0 Å². The fourth-order valence-corrected chi connectivity index (χ4v) is 2.19. The molecular formula is C21H27NO3. The number of amides is 1. The predicted molar refractivity (Wildman–Crippen MR) is 102 cm³/mol. The van der Waals surface area contributed by atoms with Crippen molar-refractivity contribution < 1.29 is 14.3 Å². The average Bonchev–Trinajstić information content (AvgIpc) is 2.47.